The Bertz CT molecular complexity index is 429. The third-order valence-corrected chi connectivity index (χ3v) is 3.59. The van der Waals surface area contributed by atoms with Gasteiger partial charge in [-0.05, 0) is 17.5 Å². The van der Waals surface area contributed by atoms with Crippen molar-refractivity contribution >= 4 is 11.6 Å². The van der Waals surface area contributed by atoms with E-state index in [0.29, 0.717) is 12.8 Å². The first-order chi connectivity index (χ1) is 8.93. The smallest absolute Gasteiger partial charge is 0.140 e. The summed E-state index contributed by atoms with van der Waals surface area (Å²) in [6, 6.07) is 7.84. The van der Waals surface area contributed by atoms with Crippen LogP contribution in [0, 0.1) is 11.8 Å². The van der Waals surface area contributed by atoms with Crippen molar-refractivity contribution in [2.24, 2.45) is 11.8 Å². The molecule has 1 atom stereocenters. The van der Waals surface area contributed by atoms with Crippen LogP contribution in [-0.4, -0.2) is 11.6 Å². The van der Waals surface area contributed by atoms with Crippen molar-refractivity contribution in [1.29, 1.82) is 0 Å². The van der Waals surface area contributed by atoms with Gasteiger partial charge in [0.1, 0.15) is 11.6 Å². The van der Waals surface area contributed by atoms with Crippen LogP contribution in [0.1, 0.15) is 45.2 Å². The fraction of sp³-hybridized carbons (Fsp3) is 0.529. The predicted molar refractivity (Wildman–Crippen MR) is 78.2 cm³/mol. The summed E-state index contributed by atoms with van der Waals surface area (Å²) in [4.78, 5) is 23.5. The van der Waals surface area contributed by atoms with Crippen LogP contribution < -0.4 is 0 Å². The number of hydrogen-bond donors (Lipinski definition) is 0. The Morgan fingerprint density at radius 3 is 1.68 bits per heavy atom. The molecule has 0 aliphatic carbocycles. The van der Waals surface area contributed by atoms with Crippen LogP contribution in [0.5, 0.6) is 0 Å². The molecule has 0 amide bonds. The van der Waals surface area contributed by atoms with E-state index in [1.54, 1.807) is 0 Å². The number of Topliss-reactive ketones (excluding diaryl/α,β-unsaturated/α-hetero) is 2. The van der Waals surface area contributed by atoms with Crippen LogP contribution in [0.2, 0.25) is 0 Å². The molecule has 0 fully saturated rings. The first-order valence-electron chi connectivity index (χ1n) is 7.07. The van der Waals surface area contributed by atoms with Gasteiger partial charge in [-0.15, -0.1) is 0 Å². The van der Waals surface area contributed by atoms with Gasteiger partial charge in [0.05, 0.1) is 0 Å². The van der Waals surface area contributed by atoms with E-state index in [2.05, 4.69) is 0 Å². The zero-order chi connectivity index (χ0) is 14.4. The molecule has 0 aromatic heterocycles. The molecule has 2 nitrogen and oxygen atoms in total. The molecular formula is C17H24O2. The molecule has 1 rings (SSSR count). The lowest BCUT2D eigenvalue weighted by Gasteiger charge is -2.08. The largest absolute Gasteiger partial charge is 0.299 e. The Morgan fingerprint density at radius 2 is 1.32 bits per heavy atom. The number of carbonyl (C=O) groups is 2. The van der Waals surface area contributed by atoms with Crippen LogP contribution in [0.15, 0.2) is 24.3 Å². The maximum Gasteiger partial charge on any atom is 0.140 e. The Kier molecular flexibility index (Phi) is 5.94. The molecule has 0 aliphatic heterocycles. The minimum Gasteiger partial charge on any atom is -0.299 e. The van der Waals surface area contributed by atoms with Gasteiger partial charge >= 0.3 is 0 Å². The molecule has 0 aliphatic rings. The van der Waals surface area contributed by atoms with Gasteiger partial charge in [-0.1, -0.05) is 52.0 Å². The van der Waals surface area contributed by atoms with Gasteiger partial charge in [-0.2, -0.15) is 0 Å². The molecule has 0 bridgehead atoms. The second-order valence-electron chi connectivity index (χ2n) is 5.57. The van der Waals surface area contributed by atoms with E-state index in [1.807, 2.05) is 52.0 Å². The second-order valence-corrected chi connectivity index (χ2v) is 5.57. The summed E-state index contributed by atoms with van der Waals surface area (Å²) in [5, 5.41) is 0. The van der Waals surface area contributed by atoms with Crippen molar-refractivity contribution in [2.45, 2.75) is 47.0 Å². The van der Waals surface area contributed by atoms with E-state index < -0.39 is 0 Å². The number of carbonyl (C=O) groups excluding carboxylic acids is 2. The van der Waals surface area contributed by atoms with Crippen molar-refractivity contribution in [3.8, 4) is 0 Å². The third-order valence-electron chi connectivity index (χ3n) is 3.59. The quantitative estimate of drug-likeness (QED) is 0.750. The highest BCUT2D eigenvalue weighted by molar-refractivity contribution is 5.83. The average Bonchev–Trinajstić information content (AvgIpc) is 2.39. The first-order valence-corrected chi connectivity index (χ1v) is 7.07. The van der Waals surface area contributed by atoms with Gasteiger partial charge in [0.2, 0.25) is 0 Å². The molecule has 0 heterocycles. The van der Waals surface area contributed by atoms with E-state index >= 15 is 0 Å². The van der Waals surface area contributed by atoms with Gasteiger partial charge in [-0.3, -0.25) is 9.59 Å². The second kappa shape index (κ2) is 7.22. The lowest BCUT2D eigenvalue weighted by atomic mass is 9.95. The molecule has 1 aromatic rings. The van der Waals surface area contributed by atoms with Crippen molar-refractivity contribution in [2.75, 3.05) is 0 Å². The number of ketones is 2. The summed E-state index contributed by atoms with van der Waals surface area (Å²) in [6.07, 6.45) is 1.87. The Labute approximate surface area is 116 Å². The molecule has 2 heteroatoms. The molecule has 1 aromatic carbocycles. The molecule has 19 heavy (non-hydrogen) atoms. The van der Waals surface area contributed by atoms with Crippen LogP contribution in [-0.2, 0) is 22.4 Å². The molecule has 0 radical (unpaired) electrons. The van der Waals surface area contributed by atoms with Gasteiger partial charge < -0.3 is 0 Å². The fourth-order valence-electron chi connectivity index (χ4n) is 1.78. The molecule has 0 saturated carbocycles. The van der Waals surface area contributed by atoms with Crippen molar-refractivity contribution in [3.05, 3.63) is 35.4 Å². The summed E-state index contributed by atoms with van der Waals surface area (Å²) in [6.45, 7) is 7.84. The minimum atomic E-state index is 0.0756. The fourth-order valence-corrected chi connectivity index (χ4v) is 1.78. The highest BCUT2D eigenvalue weighted by Crippen LogP contribution is 2.12. The van der Waals surface area contributed by atoms with Gasteiger partial charge in [0, 0.05) is 24.7 Å². The Balaban J connectivity index is 2.62. The number of rotatable bonds is 7. The van der Waals surface area contributed by atoms with E-state index in [1.165, 1.54) is 0 Å². The van der Waals surface area contributed by atoms with E-state index in [9.17, 15) is 9.59 Å². The summed E-state index contributed by atoms with van der Waals surface area (Å²) in [7, 11) is 0. The van der Waals surface area contributed by atoms with Gasteiger partial charge in [0.25, 0.3) is 0 Å². The molecule has 0 spiro atoms. The predicted octanol–water partition coefficient (Wildman–Crippen LogP) is 3.61. The lowest BCUT2D eigenvalue weighted by molar-refractivity contribution is -0.122. The normalized spacial score (nSPS) is 12.5. The van der Waals surface area contributed by atoms with Crippen molar-refractivity contribution in [3.63, 3.8) is 0 Å². The summed E-state index contributed by atoms with van der Waals surface area (Å²) in [5.41, 5.74) is 2.06. The topological polar surface area (TPSA) is 34.1 Å². The molecule has 0 N–H and O–H groups in total. The summed E-state index contributed by atoms with van der Waals surface area (Å²) in [5.74, 6) is 0.741. The SMILES string of the molecule is CCC(C)C(=O)Cc1ccc(CC(=O)C(C)C)cc1. The molecule has 104 valence electrons. The van der Waals surface area contributed by atoms with Gasteiger partial charge in [-0.25, -0.2) is 0 Å². The molecular weight excluding hydrogens is 236 g/mol. The minimum absolute atomic E-state index is 0.0756. The Morgan fingerprint density at radius 1 is 0.895 bits per heavy atom. The van der Waals surface area contributed by atoms with Gasteiger partial charge in [0.15, 0.2) is 0 Å². The van der Waals surface area contributed by atoms with Crippen molar-refractivity contribution in [1.82, 2.24) is 0 Å². The summed E-state index contributed by atoms with van der Waals surface area (Å²) >= 11 is 0. The van der Waals surface area contributed by atoms with Crippen LogP contribution in [0.4, 0.5) is 0 Å². The zero-order valence-electron chi connectivity index (χ0n) is 12.4. The monoisotopic (exact) mass is 260 g/mol. The first kappa shape index (κ1) is 15.6. The number of hydrogen-bond acceptors (Lipinski definition) is 2. The summed E-state index contributed by atoms with van der Waals surface area (Å²) < 4.78 is 0. The van der Waals surface area contributed by atoms with Crippen LogP contribution >= 0.6 is 0 Å². The Hall–Kier alpha value is -1.44. The zero-order valence-corrected chi connectivity index (χ0v) is 12.4. The maximum absolute atomic E-state index is 11.8. The molecule has 1 unspecified atom stereocenters. The number of benzene rings is 1. The van der Waals surface area contributed by atoms with Crippen LogP contribution in [0.3, 0.4) is 0 Å². The van der Waals surface area contributed by atoms with E-state index in [0.717, 1.165) is 17.5 Å². The highest BCUT2D eigenvalue weighted by Gasteiger charge is 2.12. The third kappa shape index (κ3) is 4.98. The highest BCUT2D eigenvalue weighted by atomic mass is 16.1. The van der Waals surface area contributed by atoms with E-state index in [-0.39, 0.29) is 23.4 Å². The standard InChI is InChI=1S/C17H24O2/c1-5-13(4)17(19)11-15-8-6-14(7-9-15)10-16(18)12(2)3/h6-9,12-13H,5,10-11H2,1-4H3. The maximum atomic E-state index is 11.8. The lowest BCUT2D eigenvalue weighted by Crippen LogP contribution is -2.13. The van der Waals surface area contributed by atoms with Crippen molar-refractivity contribution < 1.29 is 9.59 Å². The van der Waals surface area contributed by atoms with E-state index in [4.69, 9.17) is 0 Å². The average molecular weight is 260 g/mol. The van der Waals surface area contributed by atoms with Crippen LogP contribution in [0.25, 0.3) is 0 Å². The molecule has 0 saturated heterocycles.